The number of carbonyl (C=O) groups is 1. The Morgan fingerprint density at radius 3 is 1.96 bits per heavy atom. The van der Waals surface area contributed by atoms with E-state index in [4.69, 9.17) is 0 Å². The quantitative estimate of drug-likeness (QED) is 0.698. The van der Waals surface area contributed by atoms with Crippen molar-refractivity contribution in [2.24, 2.45) is 0 Å². The van der Waals surface area contributed by atoms with Gasteiger partial charge in [0.2, 0.25) is 0 Å². The third kappa shape index (κ3) is 3.36. The maximum atomic E-state index is 12.2. The fourth-order valence-electron chi connectivity index (χ4n) is 3.07. The zero-order valence-corrected chi connectivity index (χ0v) is 14.0. The molecule has 0 saturated carbocycles. The maximum absolute atomic E-state index is 12.2. The molecule has 1 N–H and O–H groups in total. The highest BCUT2D eigenvalue weighted by Gasteiger charge is 2.37. The van der Waals surface area contributed by atoms with Crippen LogP contribution in [0.1, 0.15) is 23.6 Å². The van der Waals surface area contributed by atoms with Gasteiger partial charge in [0, 0.05) is 17.8 Å². The highest BCUT2D eigenvalue weighted by Crippen LogP contribution is 2.39. The van der Waals surface area contributed by atoms with Crippen LogP contribution >= 0.6 is 0 Å². The minimum absolute atomic E-state index is 0.316. The number of hydrogen-bond donors (Lipinski definition) is 1. The van der Waals surface area contributed by atoms with Gasteiger partial charge in [-0.05, 0) is 41.8 Å². The second-order valence-electron chi connectivity index (χ2n) is 6.00. The third-order valence-electron chi connectivity index (χ3n) is 4.49. The monoisotopic (exact) mass is 329 g/mol. The Kier molecular flexibility index (Phi) is 4.75. The second kappa shape index (κ2) is 7.14. The highest BCUT2D eigenvalue weighted by atomic mass is 16.4. The lowest BCUT2D eigenvalue weighted by Crippen LogP contribution is -2.30. The van der Waals surface area contributed by atoms with Crippen LogP contribution in [0.2, 0.25) is 0 Å². The molecule has 3 nitrogen and oxygen atoms in total. The zero-order valence-electron chi connectivity index (χ0n) is 14.0. The molecule has 0 spiro atoms. The van der Waals surface area contributed by atoms with Crippen LogP contribution in [0.15, 0.2) is 90.8 Å². The summed E-state index contributed by atoms with van der Waals surface area (Å²) in [5.74, 6) is -0.938. The minimum atomic E-state index is -0.938. The lowest BCUT2D eigenvalue weighted by atomic mass is 9.70. The molecule has 1 heterocycles. The summed E-state index contributed by atoms with van der Waals surface area (Å²) in [5.41, 5.74) is 2.18. The molecule has 0 aliphatic heterocycles. The van der Waals surface area contributed by atoms with Gasteiger partial charge in [-0.3, -0.25) is 4.98 Å². The summed E-state index contributed by atoms with van der Waals surface area (Å²) in [4.78, 5) is 16.3. The third-order valence-corrected chi connectivity index (χ3v) is 4.49. The normalized spacial score (nSPS) is 13.9. The molecule has 1 unspecified atom stereocenters. The fraction of sp³-hybridized carbons (Fsp3) is 0.0909. The van der Waals surface area contributed by atoms with Gasteiger partial charge in [-0.2, -0.15) is 0 Å². The van der Waals surface area contributed by atoms with Crippen LogP contribution in [-0.4, -0.2) is 16.1 Å². The van der Waals surface area contributed by atoms with E-state index in [-0.39, 0.29) is 0 Å². The number of carboxylic acid groups (broad SMARTS) is 1. The summed E-state index contributed by atoms with van der Waals surface area (Å²) < 4.78 is 0. The van der Waals surface area contributed by atoms with E-state index >= 15 is 0 Å². The summed E-state index contributed by atoms with van der Waals surface area (Å²) in [7, 11) is 0. The smallest absolute Gasteiger partial charge is 0.332 e. The van der Waals surface area contributed by atoms with Crippen LogP contribution in [0.3, 0.4) is 0 Å². The van der Waals surface area contributed by atoms with Crippen LogP contribution in [0.25, 0.3) is 6.08 Å². The van der Waals surface area contributed by atoms with Crippen molar-refractivity contribution < 1.29 is 9.90 Å². The average Bonchev–Trinajstić information content (AvgIpc) is 2.67. The molecule has 0 radical (unpaired) electrons. The lowest BCUT2D eigenvalue weighted by molar-refractivity contribution is -0.133. The van der Waals surface area contributed by atoms with E-state index in [1.807, 2.05) is 79.7 Å². The molecule has 3 rings (SSSR count). The van der Waals surface area contributed by atoms with Gasteiger partial charge in [0.25, 0.3) is 0 Å². The van der Waals surface area contributed by atoms with E-state index in [0.29, 0.717) is 5.57 Å². The number of benzene rings is 2. The zero-order chi connectivity index (χ0) is 17.7. The summed E-state index contributed by atoms with van der Waals surface area (Å²) in [6.45, 7) is 1.94. The highest BCUT2D eigenvalue weighted by molar-refractivity contribution is 5.96. The predicted octanol–water partition coefficient (Wildman–Crippen LogP) is 4.56. The number of hydrogen-bond acceptors (Lipinski definition) is 2. The molecule has 124 valence electrons. The first-order valence-electron chi connectivity index (χ1n) is 8.09. The molecule has 2 aromatic carbocycles. The van der Waals surface area contributed by atoms with E-state index in [1.165, 1.54) is 0 Å². The molecule has 3 heteroatoms. The standard InChI is InChI=1S/C22H19NO2/c1-22(18-10-6-3-7-11-18,19-12-14-23-15-13-19)20(21(24)25)16-17-8-4-2-5-9-17/h2-16H,1H3,(H,24,25). The van der Waals surface area contributed by atoms with Crippen LogP contribution in [-0.2, 0) is 10.2 Å². The summed E-state index contributed by atoms with van der Waals surface area (Å²) in [6, 6.07) is 23.0. The van der Waals surface area contributed by atoms with Crippen LogP contribution in [0, 0.1) is 0 Å². The maximum Gasteiger partial charge on any atom is 0.332 e. The largest absolute Gasteiger partial charge is 0.478 e. The van der Waals surface area contributed by atoms with Gasteiger partial charge in [-0.25, -0.2) is 4.79 Å². The van der Waals surface area contributed by atoms with Crippen molar-refractivity contribution in [3.05, 3.63) is 107 Å². The number of aromatic nitrogens is 1. The van der Waals surface area contributed by atoms with Crippen molar-refractivity contribution in [1.82, 2.24) is 4.98 Å². The molecule has 0 amide bonds. The summed E-state index contributed by atoms with van der Waals surface area (Å²) >= 11 is 0. The SMILES string of the molecule is CC(C(=Cc1ccccc1)C(=O)O)(c1ccccc1)c1ccncc1. The van der Waals surface area contributed by atoms with Crippen molar-refractivity contribution >= 4 is 12.0 Å². The Morgan fingerprint density at radius 1 is 0.880 bits per heavy atom. The summed E-state index contributed by atoms with van der Waals surface area (Å²) in [5, 5.41) is 10.0. The van der Waals surface area contributed by atoms with E-state index in [2.05, 4.69) is 4.98 Å². The molecule has 0 aliphatic rings. The Labute approximate surface area is 147 Å². The van der Waals surface area contributed by atoms with Gasteiger partial charge in [-0.15, -0.1) is 0 Å². The molecule has 25 heavy (non-hydrogen) atoms. The van der Waals surface area contributed by atoms with Crippen LogP contribution in [0.4, 0.5) is 0 Å². The van der Waals surface area contributed by atoms with Gasteiger partial charge < -0.3 is 5.11 Å². The molecule has 0 bridgehead atoms. The Hall–Kier alpha value is -3.20. The van der Waals surface area contributed by atoms with Gasteiger partial charge in [-0.1, -0.05) is 60.7 Å². The first kappa shape index (κ1) is 16.7. The number of carboxylic acids is 1. The average molecular weight is 329 g/mol. The Balaban J connectivity index is 2.26. The molecular weight excluding hydrogens is 310 g/mol. The predicted molar refractivity (Wildman–Crippen MR) is 99.2 cm³/mol. The Morgan fingerprint density at radius 2 is 1.40 bits per heavy atom. The minimum Gasteiger partial charge on any atom is -0.478 e. The second-order valence-corrected chi connectivity index (χ2v) is 6.00. The fourth-order valence-corrected chi connectivity index (χ4v) is 3.07. The molecule has 0 fully saturated rings. The number of nitrogens with zero attached hydrogens (tertiary/aromatic N) is 1. The van der Waals surface area contributed by atoms with E-state index in [9.17, 15) is 9.90 Å². The van der Waals surface area contributed by atoms with E-state index in [0.717, 1.165) is 16.7 Å². The first-order chi connectivity index (χ1) is 12.1. The number of aliphatic carboxylic acids is 1. The molecule has 0 saturated heterocycles. The number of rotatable bonds is 5. The topological polar surface area (TPSA) is 50.2 Å². The van der Waals surface area contributed by atoms with Crippen molar-refractivity contribution in [3.63, 3.8) is 0 Å². The van der Waals surface area contributed by atoms with Crippen molar-refractivity contribution in [3.8, 4) is 0 Å². The van der Waals surface area contributed by atoms with Gasteiger partial charge >= 0.3 is 5.97 Å². The van der Waals surface area contributed by atoms with Crippen LogP contribution < -0.4 is 0 Å². The van der Waals surface area contributed by atoms with Crippen molar-refractivity contribution in [2.75, 3.05) is 0 Å². The molecule has 1 aromatic heterocycles. The van der Waals surface area contributed by atoms with E-state index in [1.54, 1.807) is 18.5 Å². The van der Waals surface area contributed by atoms with Crippen molar-refractivity contribution in [1.29, 1.82) is 0 Å². The van der Waals surface area contributed by atoms with E-state index < -0.39 is 11.4 Å². The van der Waals surface area contributed by atoms with Gasteiger partial charge in [0.15, 0.2) is 0 Å². The van der Waals surface area contributed by atoms with Crippen LogP contribution in [0.5, 0.6) is 0 Å². The summed E-state index contributed by atoms with van der Waals surface area (Å²) in [6.07, 6.45) is 5.13. The van der Waals surface area contributed by atoms with Crippen molar-refractivity contribution in [2.45, 2.75) is 12.3 Å². The van der Waals surface area contributed by atoms with Gasteiger partial charge in [0.1, 0.15) is 0 Å². The first-order valence-corrected chi connectivity index (χ1v) is 8.09. The lowest BCUT2D eigenvalue weighted by Gasteiger charge is -2.32. The molecule has 0 aliphatic carbocycles. The number of pyridine rings is 1. The Bertz CT molecular complexity index is 832. The van der Waals surface area contributed by atoms with Gasteiger partial charge in [0.05, 0.1) is 5.57 Å². The molecular formula is C22H19NO2. The molecule has 3 aromatic rings. The molecule has 1 atom stereocenters.